The molecule has 1 fully saturated rings. The van der Waals surface area contributed by atoms with Crippen molar-refractivity contribution in [1.82, 2.24) is 10.2 Å². The molecule has 20 heavy (non-hydrogen) atoms. The van der Waals surface area contributed by atoms with E-state index < -0.39 is 0 Å². The smallest absolute Gasteiger partial charge is 0.151 e. The van der Waals surface area contributed by atoms with E-state index in [1.54, 1.807) is 6.07 Å². The van der Waals surface area contributed by atoms with Crippen molar-refractivity contribution >= 4 is 17.4 Å². The third kappa shape index (κ3) is 2.64. The summed E-state index contributed by atoms with van der Waals surface area (Å²) in [5, 5.41) is 7.63. The summed E-state index contributed by atoms with van der Waals surface area (Å²) in [5.41, 5.74) is 7.50. The number of benzene rings is 1. The second-order valence-electron chi connectivity index (χ2n) is 5.11. The Labute approximate surface area is 121 Å². The second kappa shape index (κ2) is 5.42. The molecule has 3 N–H and O–H groups in total. The highest BCUT2D eigenvalue weighted by Crippen LogP contribution is 2.29. The number of aromatic nitrogens is 2. The van der Waals surface area contributed by atoms with Gasteiger partial charge in [-0.15, -0.1) is 0 Å². The molecule has 1 saturated heterocycles. The van der Waals surface area contributed by atoms with Crippen LogP contribution in [0.5, 0.6) is 0 Å². The summed E-state index contributed by atoms with van der Waals surface area (Å²) in [4.78, 5) is 2.16. The highest BCUT2D eigenvalue weighted by Gasteiger charge is 2.19. The van der Waals surface area contributed by atoms with Crippen LogP contribution in [-0.2, 0) is 0 Å². The lowest BCUT2D eigenvalue weighted by Gasteiger charge is -2.30. The highest BCUT2D eigenvalue weighted by molar-refractivity contribution is 6.33. The van der Waals surface area contributed by atoms with Gasteiger partial charge in [0.25, 0.3) is 0 Å². The van der Waals surface area contributed by atoms with Gasteiger partial charge in [0.2, 0.25) is 0 Å². The monoisotopic (exact) mass is 294 g/mol. The minimum Gasteiger partial charge on any atom is -0.354 e. The number of rotatable bonds is 2. The molecule has 1 aliphatic heterocycles. The van der Waals surface area contributed by atoms with Crippen LogP contribution in [0.2, 0.25) is 5.02 Å². The quantitative estimate of drug-likeness (QED) is 0.895. The molecule has 1 aliphatic rings. The maximum atomic E-state index is 13.1. The highest BCUT2D eigenvalue weighted by atomic mass is 35.5. The van der Waals surface area contributed by atoms with Gasteiger partial charge in [0.05, 0.1) is 10.7 Å². The molecule has 0 radical (unpaired) electrons. The van der Waals surface area contributed by atoms with Gasteiger partial charge in [0, 0.05) is 30.8 Å². The summed E-state index contributed by atoms with van der Waals surface area (Å²) in [6.07, 6.45) is 2.12. The largest absolute Gasteiger partial charge is 0.354 e. The Morgan fingerprint density at radius 3 is 3.00 bits per heavy atom. The average molecular weight is 295 g/mol. The van der Waals surface area contributed by atoms with Crippen molar-refractivity contribution in [2.45, 2.75) is 18.9 Å². The number of piperidine rings is 1. The van der Waals surface area contributed by atoms with E-state index in [0.29, 0.717) is 5.02 Å². The minimum atomic E-state index is -0.347. The van der Waals surface area contributed by atoms with Crippen LogP contribution in [-0.4, -0.2) is 29.3 Å². The molecular weight excluding hydrogens is 279 g/mol. The van der Waals surface area contributed by atoms with Gasteiger partial charge < -0.3 is 10.6 Å². The fourth-order valence-electron chi connectivity index (χ4n) is 2.54. The number of anilines is 1. The van der Waals surface area contributed by atoms with Gasteiger partial charge in [0.1, 0.15) is 5.82 Å². The Kier molecular flexibility index (Phi) is 3.63. The predicted molar refractivity (Wildman–Crippen MR) is 78.4 cm³/mol. The second-order valence-corrected chi connectivity index (χ2v) is 5.52. The van der Waals surface area contributed by atoms with Crippen molar-refractivity contribution in [3.8, 4) is 11.3 Å². The Hall–Kier alpha value is -1.59. The zero-order valence-corrected chi connectivity index (χ0v) is 11.7. The zero-order chi connectivity index (χ0) is 14.1. The number of halogens is 2. The van der Waals surface area contributed by atoms with Gasteiger partial charge in [-0.05, 0) is 31.0 Å². The first-order chi connectivity index (χ1) is 9.63. The summed E-state index contributed by atoms with van der Waals surface area (Å²) in [6, 6.07) is 6.46. The molecular formula is C14H16ClFN4. The first kappa shape index (κ1) is 13.4. The summed E-state index contributed by atoms with van der Waals surface area (Å²) < 4.78 is 13.1. The summed E-state index contributed by atoms with van der Waals surface area (Å²) in [7, 11) is 0. The van der Waals surface area contributed by atoms with Crippen molar-refractivity contribution in [1.29, 1.82) is 0 Å². The molecule has 2 heterocycles. The van der Waals surface area contributed by atoms with Crippen LogP contribution >= 0.6 is 11.6 Å². The van der Waals surface area contributed by atoms with Crippen molar-refractivity contribution in [3.05, 3.63) is 35.1 Å². The molecule has 6 heteroatoms. The first-order valence-corrected chi connectivity index (χ1v) is 7.02. The van der Waals surface area contributed by atoms with Crippen LogP contribution < -0.4 is 10.6 Å². The van der Waals surface area contributed by atoms with Crippen LogP contribution in [0.4, 0.5) is 10.2 Å². The molecule has 1 aromatic heterocycles. The van der Waals surface area contributed by atoms with Crippen LogP contribution in [0.15, 0.2) is 24.3 Å². The predicted octanol–water partition coefficient (Wildman–Crippen LogP) is 2.80. The van der Waals surface area contributed by atoms with Crippen LogP contribution in [0.1, 0.15) is 12.8 Å². The van der Waals surface area contributed by atoms with Crippen LogP contribution in [0.3, 0.4) is 0 Å². The third-order valence-corrected chi connectivity index (χ3v) is 3.88. The number of nitrogens with one attached hydrogen (secondary N) is 1. The molecule has 0 saturated carbocycles. The molecule has 0 bridgehead atoms. The number of aromatic amines is 1. The summed E-state index contributed by atoms with van der Waals surface area (Å²) in [6.45, 7) is 1.76. The van der Waals surface area contributed by atoms with Crippen molar-refractivity contribution in [2.24, 2.45) is 5.73 Å². The average Bonchev–Trinajstić information content (AvgIpc) is 2.88. The van der Waals surface area contributed by atoms with Gasteiger partial charge in [-0.1, -0.05) is 11.6 Å². The normalized spacial score (nSPS) is 19.4. The summed E-state index contributed by atoms with van der Waals surface area (Å²) in [5.74, 6) is 0.510. The number of H-pyrrole nitrogens is 1. The van der Waals surface area contributed by atoms with E-state index in [9.17, 15) is 4.39 Å². The number of hydrogen-bond acceptors (Lipinski definition) is 3. The van der Waals surface area contributed by atoms with Crippen molar-refractivity contribution < 1.29 is 4.39 Å². The van der Waals surface area contributed by atoms with E-state index in [1.165, 1.54) is 12.1 Å². The van der Waals surface area contributed by atoms with Gasteiger partial charge in [-0.2, -0.15) is 5.10 Å². The summed E-state index contributed by atoms with van der Waals surface area (Å²) >= 11 is 6.06. The van der Waals surface area contributed by atoms with Crippen LogP contribution in [0, 0.1) is 5.82 Å². The Bertz CT molecular complexity index is 613. The van der Waals surface area contributed by atoms with E-state index in [2.05, 4.69) is 15.1 Å². The Morgan fingerprint density at radius 2 is 2.25 bits per heavy atom. The van der Waals surface area contributed by atoms with Crippen molar-refractivity contribution in [2.75, 3.05) is 18.0 Å². The van der Waals surface area contributed by atoms with E-state index in [-0.39, 0.29) is 11.9 Å². The molecule has 0 amide bonds. The van der Waals surface area contributed by atoms with Gasteiger partial charge >= 0.3 is 0 Å². The Morgan fingerprint density at radius 1 is 1.40 bits per heavy atom. The topological polar surface area (TPSA) is 57.9 Å². The lowest BCUT2D eigenvalue weighted by atomic mass is 10.1. The molecule has 1 atom stereocenters. The molecule has 0 spiro atoms. The van der Waals surface area contributed by atoms with Gasteiger partial charge in [-0.25, -0.2) is 4.39 Å². The maximum Gasteiger partial charge on any atom is 0.151 e. The molecule has 4 nitrogen and oxygen atoms in total. The van der Waals surface area contributed by atoms with Gasteiger partial charge in [-0.3, -0.25) is 5.10 Å². The maximum absolute atomic E-state index is 13.1. The number of hydrogen-bond donors (Lipinski definition) is 2. The zero-order valence-electron chi connectivity index (χ0n) is 10.9. The van der Waals surface area contributed by atoms with E-state index in [1.807, 2.05) is 6.07 Å². The van der Waals surface area contributed by atoms with Gasteiger partial charge in [0.15, 0.2) is 5.82 Å². The van der Waals surface area contributed by atoms with E-state index in [0.717, 1.165) is 43.0 Å². The minimum absolute atomic E-state index is 0.193. The van der Waals surface area contributed by atoms with Crippen LogP contribution in [0.25, 0.3) is 11.3 Å². The van der Waals surface area contributed by atoms with E-state index >= 15 is 0 Å². The van der Waals surface area contributed by atoms with E-state index in [4.69, 9.17) is 17.3 Å². The molecule has 3 rings (SSSR count). The lowest BCUT2D eigenvalue weighted by Crippen LogP contribution is -2.43. The standard InChI is InChI=1S/C14H16ClFN4/c15-12-6-9(16)3-4-11(12)13-7-14(19-18-13)20-5-1-2-10(17)8-20/h3-4,6-7,10H,1-2,5,8,17H2,(H,18,19). The molecule has 1 aromatic carbocycles. The Balaban J connectivity index is 1.86. The third-order valence-electron chi connectivity index (χ3n) is 3.57. The SMILES string of the molecule is NC1CCCN(c2cc(-c3ccc(F)cc3Cl)[nH]n2)C1. The number of nitrogens with two attached hydrogens (primary N) is 1. The molecule has 106 valence electrons. The fraction of sp³-hybridized carbons (Fsp3) is 0.357. The molecule has 1 unspecified atom stereocenters. The number of nitrogens with zero attached hydrogens (tertiary/aromatic N) is 2. The molecule has 0 aliphatic carbocycles. The molecule has 2 aromatic rings. The van der Waals surface area contributed by atoms with Crippen molar-refractivity contribution in [3.63, 3.8) is 0 Å². The fourth-order valence-corrected chi connectivity index (χ4v) is 2.81. The first-order valence-electron chi connectivity index (χ1n) is 6.65. The lowest BCUT2D eigenvalue weighted by molar-refractivity contribution is 0.503.